The van der Waals surface area contributed by atoms with Crippen LogP contribution in [0.5, 0.6) is 0 Å². The Morgan fingerprint density at radius 2 is 1.73 bits per heavy atom. The van der Waals surface area contributed by atoms with Gasteiger partial charge in [-0.25, -0.2) is 0 Å². The largest absolute Gasteiger partial charge is 0.452 e. The minimum Gasteiger partial charge on any atom is -0.409 e. The third-order valence-corrected chi connectivity index (χ3v) is 5.04. The van der Waals surface area contributed by atoms with Crippen molar-refractivity contribution in [2.75, 3.05) is 30.9 Å². The molecule has 0 saturated heterocycles. The Hall–Kier alpha value is -2.79. The fraction of sp³-hybridized carbons (Fsp3) is 0.190. The summed E-state index contributed by atoms with van der Waals surface area (Å²) in [4.78, 5) is 15.5. The average Bonchev–Trinajstić information content (AvgIpc) is 3.09. The van der Waals surface area contributed by atoms with Crippen molar-refractivity contribution in [1.82, 2.24) is 0 Å². The van der Waals surface area contributed by atoms with Crippen LogP contribution in [0, 0.1) is 0 Å². The van der Waals surface area contributed by atoms with Crippen LogP contribution in [0.25, 0.3) is 10.8 Å². The van der Waals surface area contributed by atoms with Crippen LogP contribution in [-0.2, 0) is 11.3 Å². The van der Waals surface area contributed by atoms with E-state index in [1.807, 2.05) is 18.2 Å². The Kier molecular flexibility index (Phi) is 4.17. The van der Waals surface area contributed by atoms with Crippen LogP contribution >= 0.6 is 0 Å². The molecule has 0 saturated carbocycles. The maximum absolute atomic E-state index is 11.2. The molecule has 0 atom stereocenters. The molecule has 0 spiro atoms. The fourth-order valence-electron chi connectivity index (χ4n) is 3.72. The van der Waals surface area contributed by atoms with E-state index in [0.717, 1.165) is 23.0 Å². The molecule has 1 aliphatic heterocycles. The molecular formula is C21H21BN2O2. The van der Waals surface area contributed by atoms with Crippen LogP contribution in [0.1, 0.15) is 15.9 Å². The summed E-state index contributed by atoms with van der Waals surface area (Å²) in [6.45, 7) is 0.564. The molecule has 26 heavy (non-hydrogen) atoms. The van der Waals surface area contributed by atoms with Crippen LogP contribution in [0.4, 0.5) is 11.4 Å². The van der Waals surface area contributed by atoms with Gasteiger partial charge in [-0.2, -0.15) is 0 Å². The molecule has 3 aromatic rings. The smallest absolute Gasteiger partial charge is 0.409 e. The van der Waals surface area contributed by atoms with E-state index >= 15 is 0 Å². The van der Waals surface area contributed by atoms with E-state index in [1.54, 1.807) is 0 Å². The zero-order valence-electron chi connectivity index (χ0n) is 15.3. The third-order valence-electron chi connectivity index (χ3n) is 5.04. The molecule has 0 radical (unpaired) electrons. The molecule has 0 aromatic heterocycles. The Balaban J connectivity index is 1.84. The van der Waals surface area contributed by atoms with Crippen molar-refractivity contribution in [1.29, 1.82) is 0 Å². The molecule has 4 rings (SSSR count). The van der Waals surface area contributed by atoms with E-state index < -0.39 is 0 Å². The van der Waals surface area contributed by atoms with Crippen LogP contribution in [0.2, 0.25) is 0 Å². The Labute approximate surface area is 154 Å². The Bertz CT molecular complexity index is 982. The average molecular weight is 344 g/mol. The number of rotatable bonds is 4. The van der Waals surface area contributed by atoms with Crippen LogP contribution in [0.3, 0.4) is 0 Å². The van der Waals surface area contributed by atoms with Crippen LogP contribution in [0.15, 0.2) is 54.6 Å². The summed E-state index contributed by atoms with van der Waals surface area (Å²) >= 11 is 0. The lowest BCUT2D eigenvalue weighted by Gasteiger charge is -2.27. The maximum atomic E-state index is 11.2. The molecule has 3 aromatic carbocycles. The molecule has 4 nitrogen and oxygen atoms in total. The Morgan fingerprint density at radius 1 is 1.00 bits per heavy atom. The monoisotopic (exact) mass is 344 g/mol. The highest BCUT2D eigenvalue weighted by atomic mass is 16.4. The van der Waals surface area contributed by atoms with Gasteiger partial charge in [-0.1, -0.05) is 42.5 Å². The highest BCUT2D eigenvalue weighted by molar-refractivity contribution is 6.72. The van der Waals surface area contributed by atoms with Gasteiger partial charge in [0.2, 0.25) is 0 Å². The number of carbonyl (C=O) groups excluding carboxylic acids is 1. The van der Waals surface area contributed by atoms with Gasteiger partial charge >= 0.3 is 7.05 Å². The highest BCUT2D eigenvalue weighted by Crippen LogP contribution is 2.35. The predicted molar refractivity (Wildman–Crippen MR) is 109 cm³/mol. The predicted octanol–water partition coefficient (Wildman–Crippen LogP) is 3.08. The standard InChI is InChI=1S/C21H21BN2O2/c1-23(2)19-8-4-6-16-7-5-9-20(21(16)19)24(3)22-18-12-15(13-25)10-11-17(18)14-26-22/h4-13H,14H2,1-3H3. The first-order valence-electron chi connectivity index (χ1n) is 8.71. The Morgan fingerprint density at radius 3 is 2.42 bits per heavy atom. The number of nitrogens with zero attached hydrogens (tertiary/aromatic N) is 2. The van der Waals surface area contributed by atoms with E-state index in [0.29, 0.717) is 12.2 Å². The van der Waals surface area contributed by atoms with E-state index in [-0.39, 0.29) is 7.05 Å². The number of carbonyl (C=O) groups is 1. The summed E-state index contributed by atoms with van der Waals surface area (Å²) in [7, 11) is 5.96. The first-order valence-corrected chi connectivity index (χ1v) is 8.71. The number of hydrogen-bond donors (Lipinski definition) is 0. The van der Waals surface area contributed by atoms with Crippen LogP contribution in [-0.4, -0.2) is 34.5 Å². The topological polar surface area (TPSA) is 32.8 Å². The zero-order valence-corrected chi connectivity index (χ0v) is 15.3. The number of hydrogen-bond acceptors (Lipinski definition) is 4. The van der Waals surface area contributed by atoms with Gasteiger partial charge in [-0.3, -0.25) is 4.79 Å². The van der Waals surface area contributed by atoms with Crippen LogP contribution < -0.4 is 15.2 Å². The second-order valence-electron chi connectivity index (χ2n) is 6.90. The van der Waals surface area contributed by atoms with Gasteiger partial charge in [-0.15, -0.1) is 0 Å². The first kappa shape index (κ1) is 16.7. The van der Waals surface area contributed by atoms with Crippen molar-refractivity contribution in [3.63, 3.8) is 0 Å². The number of benzene rings is 3. The molecule has 0 aliphatic carbocycles. The summed E-state index contributed by atoms with van der Waals surface area (Å²) in [5.74, 6) is 0. The molecule has 1 heterocycles. The normalized spacial score (nSPS) is 13.0. The molecule has 0 amide bonds. The van der Waals surface area contributed by atoms with Gasteiger partial charge in [-0.05, 0) is 35.6 Å². The quantitative estimate of drug-likeness (QED) is 0.538. The molecule has 130 valence electrons. The van der Waals surface area contributed by atoms with Crippen molar-refractivity contribution in [3.05, 3.63) is 65.7 Å². The van der Waals surface area contributed by atoms with Crippen molar-refractivity contribution in [2.45, 2.75) is 6.61 Å². The maximum Gasteiger partial charge on any atom is 0.452 e. The van der Waals surface area contributed by atoms with E-state index in [2.05, 4.69) is 67.3 Å². The molecule has 5 heteroatoms. The van der Waals surface area contributed by atoms with Gasteiger partial charge in [0.05, 0.1) is 6.61 Å². The molecule has 0 bridgehead atoms. The van der Waals surface area contributed by atoms with Gasteiger partial charge in [0.25, 0.3) is 0 Å². The van der Waals surface area contributed by atoms with E-state index in [4.69, 9.17) is 4.65 Å². The number of aldehydes is 1. The second kappa shape index (κ2) is 6.50. The highest BCUT2D eigenvalue weighted by Gasteiger charge is 2.34. The molecular weight excluding hydrogens is 323 g/mol. The summed E-state index contributed by atoms with van der Waals surface area (Å²) in [5.41, 5.74) is 5.17. The minimum atomic E-state index is -0.203. The zero-order chi connectivity index (χ0) is 18.3. The summed E-state index contributed by atoms with van der Waals surface area (Å²) in [5, 5.41) is 2.39. The van der Waals surface area contributed by atoms with E-state index in [9.17, 15) is 4.79 Å². The number of fused-ring (bicyclic) bond motifs is 2. The third kappa shape index (κ3) is 2.65. The summed E-state index contributed by atoms with van der Waals surface area (Å²) in [6, 6.07) is 18.5. The summed E-state index contributed by atoms with van der Waals surface area (Å²) < 4.78 is 6.08. The van der Waals surface area contributed by atoms with E-state index in [1.165, 1.54) is 16.5 Å². The van der Waals surface area contributed by atoms with Crippen molar-refractivity contribution in [3.8, 4) is 0 Å². The minimum absolute atomic E-state index is 0.203. The van der Waals surface area contributed by atoms with Gasteiger partial charge < -0.3 is 14.4 Å². The van der Waals surface area contributed by atoms with Crippen molar-refractivity contribution >= 4 is 40.9 Å². The fourth-order valence-corrected chi connectivity index (χ4v) is 3.72. The second-order valence-corrected chi connectivity index (χ2v) is 6.90. The van der Waals surface area contributed by atoms with Crippen molar-refractivity contribution < 1.29 is 9.45 Å². The molecule has 0 N–H and O–H groups in total. The first-order chi connectivity index (χ1) is 12.6. The molecule has 0 fully saturated rings. The van der Waals surface area contributed by atoms with Crippen molar-refractivity contribution in [2.24, 2.45) is 0 Å². The lowest BCUT2D eigenvalue weighted by atomic mass is 9.70. The van der Waals surface area contributed by atoms with Gasteiger partial charge in [0.1, 0.15) is 6.29 Å². The SMILES string of the molecule is CN(C)c1cccc2cccc(N(C)B3OCc4ccc(C=O)cc43)c12. The molecule has 0 unspecified atom stereocenters. The lowest BCUT2D eigenvalue weighted by Crippen LogP contribution is -2.46. The lowest BCUT2D eigenvalue weighted by molar-refractivity contribution is 0.112. The van der Waals surface area contributed by atoms with Gasteiger partial charge in [0, 0.05) is 36.4 Å². The molecule has 1 aliphatic rings. The van der Waals surface area contributed by atoms with Gasteiger partial charge in [0.15, 0.2) is 0 Å². The summed E-state index contributed by atoms with van der Waals surface area (Å²) in [6.07, 6.45) is 0.887. The number of anilines is 2.